The van der Waals surface area contributed by atoms with Gasteiger partial charge in [-0.05, 0) is 128 Å². The molecule has 9 rings (SSSR count). The number of aromatic nitrogens is 2. The first kappa shape index (κ1) is 29.6. The van der Waals surface area contributed by atoms with Crippen LogP contribution in [-0.2, 0) is 16.1 Å². The predicted molar refractivity (Wildman–Crippen MR) is 181 cm³/mol. The van der Waals surface area contributed by atoms with Gasteiger partial charge in [0.1, 0.15) is 5.54 Å². The number of aryl methyl sites for hydroxylation is 1. The molecule has 1 saturated heterocycles. The molecular formula is C38H48N4O2S. The Morgan fingerprint density at radius 2 is 1.69 bits per heavy atom. The van der Waals surface area contributed by atoms with Crippen molar-refractivity contribution in [1.82, 2.24) is 20.2 Å². The Morgan fingerprint density at radius 3 is 2.36 bits per heavy atom. The third-order valence-electron chi connectivity index (χ3n) is 12.7. The van der Waals surface area contributed by atoms with Gasteiger partial charge in [-0.25, -0.2) is 0 Å². The highest BCUT2D eigenvalue weighted by atomic mass is 32.2. The van der Waals surface area contributed by atoms with Gasteiger partial charge in [-0.15, -0.1) is 0 Å². The zero-order valence-corrected chi connectivity index (χ0v) is 27.9. The summed E-state index contributed by atoms with van der Waals surface area (Å²) in [5.74, 6) is 4.82. The number of para-hydroxylation sites is 1. The number of H-pyrrole nitrogens is 1. The van der Waals surface area contributed by atoms with E-state index in [-0.39, 0.29) is 28.7 Å². The normalized spacial score (nSPS) is 32.4. The summed E-state index contributed by atoms with van der Waals surface area (Å²) in [4.78, 5) is 39.7. The maximum atomic E-state index is 14.9. The average molecular weight is 625 g/mol. The van der Waals surface area contributed by atoms with E-state index in [1.165, 1.54) is 35.9 Å². The second-order valence-electron chi connectivity index (χ2n) is 16.0. The number of aromatic amines is 1. The zero-order chi connectivity index (χ0) is 31.0. The van der Waals surface area contributed by atoms with Crippen molar-refractivity contribution in [3.63, 3.8) is 0 Å². The molecule has 0 spiro atoms. The van der Waals surface area contributed by atoms with Crippen LogP contribution in [0.3, 0.4) is 0 Å². The number of hydrogen-bond acceptors (Lipinski definition) is 4. The number of fused-ring (bicyclic) bond motifs is 1. The Kier molecular flexibility index (Phi) is 7.16. The highest BCUT2D eigenvalue weighted by Gasteiger charge is 2.61. The second kappa shape index (κ2) is 10.9. The fraction of sp³-hybridized carbons (Fsp3) is 0.605. The molecule has 0 radical (unpaired) electrons. The lowest BCUT2D eigenvalue weighted by Gasteiger charge is -2.58. The number of pyridine rings is 1. The minimum absolute atomic E-state index is 0.00237. The zero-order valence-electron chi connectivity index (χ0n) is 27.1. The number of carbonyl (C=O) groups excluding carboxylic acids is 2. The van der Waals surface area contributed by atoms with Gasteiger partial charge in [0, 0.05) is 47.5 Å². The van der Waals surface area contributed by atoms with E-state index in [2.05, 4.69) is 66.4 Å². The van der Waals surface area contributed by atoms with Crippen molar-refractivity contribution in [2.75, 3.05) is 11.5 Å². The van der Waals surface area contributed by atoms with Gasteiger partial charge in [0.05, 0.1) is 0 Å². The molecule has 1 aromatic carbocycles. The fourth-order valence-electron chi connectivity index (χ4n) is 10.8. The van der Waals surface area contributed by atoms with Crippen LogP contribution < -0.4 is 5.32 Å². The van der Waals surface area contributed by atoms with Crippen LogP contribution in [0.2, 0.25) is 0 Å². The maximum Gasteiger partial charge on any atom is 0.246 e. The third-order valence-corrected chi connectivity index (χ3v) is 13.7. The topological polar surface area (TPSA) is 78.1 Å². The summed E-state index contributed by atoms with van der Waals surface area (Å²) in [5, 5.41) is 5.01. The lowest BCUT2D eigenvalue weighted by molar-refractivity contribution is -0.153. The molecule has 4 bridgehead atoms. The predicted octanol–water partition coefficient (Wildman–Crippen LogP) is 7.38. The molecule has 1 aliphatic heterocycles. The summed E-state index contributed by atoms with van der Waals surface area (Å²) in [6.07, 6.45) is 12.9. The van der Waals surface area contributed by atoms with Gasteiger partial charge in [-0.1, -0.05) is 38.1 Å². The Hall–Kier alpha value is -2.80. The third kappa shape index (κ3) is 5.03. The molecule has 2 aromatic heterocycles. The quantitative estimate of drug-likeness (QED) is 0.274. The van der Waals surface area contributed by atoms with Crippen molar-refractivity contribution >= 4 is 34.5 Å². The van der Waals surface area contributed by atoms with Crippen LogP contribution in [0.15, 0.2) is 48.8 Å². The van der Waals surface area contributed by atoms with Crippen LogP contribution in [0.25, 0.3) is 10.9 Å². The molecule has 3 heterocycles. The first-order valence-corrected chi connectivity index (χ1v) is 18.5. The van der Waals surface area contributed by atoms with Crippen molar-refractivity contribution in [2.24, 2.45) is 29.1 Å². The number of thioether (sulfide) groups is 1. The number of nitrogens with one attached hydrogen (secondary N) is 2. The standard InChI is InChI=1S/C38H48N4O2S/c1-24-33(29-8-4-5-9-31(29)40-24)34-30(36(34,2)3)18-32(43)42(23-25-7-6-12-39-22-25)38(10-13-45-14-11-38)35(44)41-37-19-26-15-27(20-37)17-28(16-26)21-37/h4-9,12,22,26-28,30,34,40H,10-11,13-21,23H2,1-3H3,(H,41,44)/t26?,27?,28?,30-,34+,37?/m0/s1. The van der Waals surface area contributed by atoms with Crippen molar-refractivity contribution in [2.45, 2.75) is 102 Å². The Bertz CT molecular complexity index is 1570. The first-order chi connectivity index (χ1) is 21.7. The highest BCUT2D eigenvalue weighted by molar-refractivity contribution is 7.99. The van der Waals surface area contributed by atoms with Crippen molar-refractivity contribution < 1.29 is 9.59 Å². The molecule has 2 N–H and O–H groups in total. The smallest absolute Gasteiger partial charge is 0.246 e. The lowest BCUT2D eigenvalue weighted by Crippen LogP contribution is -2.68. The summed E-state index contributed by atoms with van der Waals surface area (Å²) in [7, 11) is 0. The number of nitrogens with zero attached hydrogens (tertiary/aromatic N) is 2. The molecule has 6 nitrogen and oxygen atoms in total. The minimum atomic E-state index is -0.827. The Labute approximate surface area is 271 Å². The number of rotatable bonds is 8. The lowest BCUT2D eigenvalue weighted by atomic mass is 9.53. The molecule has 2 amide bonds. The Morgan fingerprint density at radius 1 is 1.00 bits per heavy atom. The van der Waals surface area contributed by atoms with E-state index in [9.17, 15) is 9.59 Å². The summed E-state index contributed by atoms with van der Waals surface area (Å²) < 4.78 is 0. The van der Waals surface area contributed by atoms with Gasteiger partial charge in [-0.2, -0.15) is 11.8 Å². The van der Waals surface area contributed by atoms with E-state index >= 15 is 0 Å². The van der Waals surface area contributed by atoms with Gasteiger partial charge in [0.2, 0.25) is 11.8 Å². The van der Waals surface area contributed by atoms with Crippen LogP contribution >= 0.6 is 11.8 Å². The van der Waals surface area contributed by atoms with E-state index in [1.54, 1.807) is 6.20 Å². The Balaban J connectivity index is 1.11. The summed E-state index contributed by atoms with van der Waals surface area (Å²) >= 11 is 1.91. The molecule has 5 aliphatic carbocycles. The molecule has 238 valence electrons. The summed E-state index contributed by atoms with van der Waals surface area (Å²) in [6, 6.07) is 12.5. The van der Waals surface area contributed by atoms with Crippen molar-refractivity contribution in [1.29, 1.82) is 0 Å². The van der Waals surface area contributed by atoms with Gasteiger partial charge < -0.3 is 15.2 Å². The van der Waals surface area contributed by atoms with Crippen LogP contribution in [0.5, 0.6) is 0 Å². The van der Waals surface area contributed by atoms with E-state index in [0.717, 1.165) is 59.6 Å². The second-order valence-corrected chi connectivity index (χ2v) is 17.2. The molecule has 0 unspecified atom stereocenters. The number of hydrogen-bond donors (Lipinski definition) is 2. The van der Waals surface area contributed by atoms with Crippen LogP contribution in [0.1, 0.15) is 94.4 Å². The first-order valence-electron chi connectivity index (χ1n) is 17.3. The van der Waals surface area contributed by atoms with Gasteiger partial charge >= 0.3 is 0 Å². The van der Waals surface area contributed by atoms with Gasteiger partial charge in [-0.3, -0.25) is 14.6 Å². The average Bonchev–Trinajstić information content (AvgIpc) is 3.36. The van der Waals surface area contributed by atoms with Crippen LogP contribution in [-0.4, -0.2) is 49.3 Å². The van der Waals surface area contributed by atoms with Crippen molar-refractivity contribution in [3.05, 3.63) is 65.6 Å². The number of benzene rings is 1. The molecule has 7 heteroatoms. The molecule has 6 aliphatic rings. The van der Waals surface area contributed by atoms with Gasteiger partial charge in [0.15, 0.2) is 0 Å². The van der Waals surface area contributed by atoms with Crippen molar-refractivity contribution in [3.8, 4) is 0 Å². The van der Waals surface area contributed by atoms with E-state index in [4.69, 9.17) is 0 Å². The van der Waals surface area contributed by atoms with Gasteiger partial charge in [0.25, 0.3) is 0 Å². The molecule has 6 fully saturated rings. The molecular weight excluding hydrogens is 577 g/mol. The molecule has 45 heavy (non-hydrogen) atoms. The summed E-state index contributed by atoms with van der Waals surface area (Å²) in [6.45, 7) is 7.22. The number of carbonyl (C=O) groups is 2. The van der Waals surface area contributed by atoms with E-state index < -0.39 is 5.54 Å². The van der Waals surface area contributed by atoms with E-state index in [1.807, 2.05) is 28.9 Å². The SMILES string of the molecule is Cc1[nH]c2ccccc2c1[C@H]1[C@H](CC(=O)N(Cc2cccnc2)C2(C(=O)NC34CC5CC(CC(C5)C3)C4)CCSCC2)C1(C)C. The maximum absolute atomic E-state index is 14.9. The summed E-state index contributed by atoms with van der Waals surface area (Å²) in [5.41, 5.74) is 3.81. The largest absolute Gasteiger partial charge is 0.358 e. The van der Waals surface area contributed by atoms with E-state index in [0.29, 0.717) is 31.7 Å². The highest BCUT2D eigenvalue weighted by Crippen LogP contribution is 2.67. The number of amides is 2. The fourth-order valence-corrected chi connectivity index (χ4v) is 12.0. The molecule has 5 saturated carbocycles. The van der Waals surface area contributed by atoms with Crippen LogP contribution in [0.4, 0.5) is 0 Å². The molecule has 3 aromatic rings. The monoisotopic (exact) mass is 624 g/mol. The molecule has 2 atom stereocenters. The van der Waals surface area contributed by atoms with Crippen LogP contribution in [0, 0.1) is 36.0 Å². The minimum Gasteiger partial charge on any atom is -0.358 e.